The quantitative estimate of drug-likeness (QED) is 0.165. The second-order valence-corrected chi connectivity index (χ2v) is 14.5. The molecular formula is C44H36N6Pt. The molecule has 0 atom stereocenters. The molecule has 0 radical (unpaired) electrons. The Hall–Kier alpha value is -5.19. The Bertz CT molecular complexity index is 2510. The Kier molecular flexibility index (Phi) is 7.11. The van der Waals surface area contributed by atoms with Gasteiger partial charge in [0.05, 0.1) is 11.2 Å². The molecule has 0 fully saturated rings. The number of nitrogens with zero attached hydrogens (tertiary/aromatic N) is 6. The van der Waals surface area contributed by atoms with E-state index in [1.54, 1.807) is 0 Å². The summed E-state index contributed by atoms with van der Waals surface area (Å²) in [7, 11) is 4.21. The molecule has 0 N–H and O–H groups in total. The maximum atomic E-state index is 3.95. The minimum atomic E-state index is -0.104. The van der Waals surface area contributed by atoms with Crippen LogP contribution in [0.2, 0.25) is 0 Å². The molecule has 0 amide bonds. The minimum Gasteiger partial charge on any atom is -0.504 e. The smallest absolute Gasteiger partial charge is 0.504 e. The molecule has 51 heavy (non-hydrogen) atoms. The third-order valence-corrected chi connectivity index (χ3v) is 10.4. The van der Waals surface area contributed by atoms with Gasteiger partial charge in [0.2, 0.25) is 0 Å². The summed E-state index contributed by atoms with van der Waals surface area (Å²) in [5.41, 5.74) is 14.3. The fourth-order valence-electron chi connectivity index (χ4n) is 7.89. The Labute approximate surface area is 314 Å². The first-order chi connectivity index (χ1) is 24.3. The number of para-hydroxylation sites is 6. The molecule has 0 bridgehead atoms. The van der Waals surface area contributed by atoms with Gasteiger partial charge < -0.3 is 29.1 Å². The van der Waals surface area contributed by atoms with Crippen molar-refractivity contribution in [3.8, 4) is 5.69 Å². The first kappa shape index (κ1) is 31.8. The van der Waals surface area contributed by atoms with E-state index in [0.29, 0.717) is 0 Å². The minimum absolute atomic E-state index is 0. The van der Waals surface area contributed by atoms with Crippen LogP contribution >= 0.6 is 0 Å². The maximum absolute atomic E-state index is 3.95. The van der Waals surface area contributed by atoms with Crippen molar-refractivity contribution in [1.29, 1.82) is 0 Å². The van der Waals surface area contributed by atoms with Gasteiger partial charge in [-0.3, -0.25) is 0 Å². The van der Waals surface area contributed by atoms with Gasteiger partial charge in [-0.1, -0.05) is 81.1 Å². The fourth-order valence-corrected chi connectivity index (χ4v) is 7.89. The van der Waals surface area contributed by atoms with Gasteiger partial charge >= 0.3 is 21.1 Å². The van der Waals surface area contributed by atoms with Crippen LogP contribution in [0.15, 0.2) is 115 Å². The van der Waals surface area contributed by atoms with Gasteiger partial charge in [0.1, 0.15) is 0 Å². The third kappa shape index (κ3) is 4.66. The zero-order chi connectivity index (χ0) is 33.9. The standard InChI is InChI=1S/C44H36N6.Pt/c1-44(2,3)29-23-31(48-28-46(5)37-17-9-11-19-39(37)48)25-32(24-29)49-41-20-12-14-34-33-13-6-7-15-35(33)50(43(34)41)40-22-21-30(26-42(40)49)47-27-45(4)36-16-8-10-18-38(36)47;/h6-24,27-28H,1-5H3;/q-4;+4. The van der Waals surface area contributed by atoms with E-state index in [2.05, 4.69) is 205 Å². The topological polar surface area (TPSA) is 21.1 Å². The van der Waals surface area contributed by atoms with Gasteiger partial charge in [0.15, 0.2) is 0 Å². The van der Waals surface area contributed by atoms with E-state index in [4.69, 9.17) is 0 Å². The molecule has 10 rings (SSSR count). The van der Waals surface area contributed by atoms with Crippen LogP contribution in [0.5, 0.6) is 0 Å². The molecule has 4 heterocycles. The van der Waals surface area contributed by atoms with Gasteiger partial charge in [-0.15, -0.1) is 53.3 Å². The van der Waals surface area contributed by atoms with Gasteiger partial charge in [0, 0.05) is 39.0 Å². The van der Waals surface area contributed by atoms with Crippen molar-refractivity contribution in [2.24, 2.45) is 0 Å². The first-order valence-electron chi connectivity index (χ1n) is 17.2. The van der Waals surface area contributed by atoms with Crippen LogP contribution < -0.4 is 24.5 Å². The predicted octanol–water partition coefficient (Wildman–Crippen LogP) is 10.9. The number of fused-ring (bicyclic) bond motifs is 7. The SMILES string of the molecule is CN1[CH-]N(c2[c-]c3c(cc2)-n2c4ccccc4c4cccc(c42)N3c2[c-]c(N3[CH-]N(C)c4ccccc43)cc(C(C)(C)C)c2)c2ccccc21.[Pt+4]. The molecule has 3 aliphatic rings. The van der Waals surface area contributed by atoms with Crippen molar-refractivity contribution in [2.45, 2.75) is 26.2 Å². The second kappa shape index (κ2) is 11.4. The van der Waals surface area contributed by atoms with Crippen LogP contribution in [0.3, 0.4) is 0 Å². The molecule has 0 saturated carbocycles. The maximum Gasteiger partial charge on any atom is 4.00 e. The van der Waals surface area contributed by atoms with Crippen molar-refractivity contribution in [1.82, 2.24) is 4.57 Å². The average Bonchev–Trinajstić information content (AvgIpc) is 3.78. The average molecular weight is 844 g/mol. The number of hydrogen-bond donors (Lipinski definition) is 0. The molecule has 3 aliphatic heterocycles. The summed E-state index contributed by atoms with van der Waals surface area (Å²) in [4.78, 5) is 11.2. The molecule has 7 heteroatoms. The Morgan fingerprint density at radius 2 is 1.10 bits per heavy atom. The molecule has 0 spiro atoms. The molecule has 6 nitrogen and oxygen atoms in total. The summed E-state index contributed by atoms with van der Waals surface area (Å²) in [5, 5.41) is 2.47. The van der Waals surface area contributed by atoms with Crippen LogP contribution in [0.25, 0.3) is 27.5 Å². The van der Waals surface area contributed by atoms with Crippen molar-refractivity contribution in [2.75, 3.05) is 38.6 Å². The van der Waals surface area contributed by atoms with E-state index in [-0.39, 0.29) is 26.5 Å². The molecule has 0 unspecified atom stereocenters. The van der Waals surface area contributed by atoms with Gasteiger partial charge in [-0.25, -0.2) is 0 Å². The third-order valence-electron chi connectivity index (χ3n) is 10.4. The number of aromatic nitrogens is 1. The summed E-state index contributed by atoms with van der Waals surface area (Å²) in [6, 6.07) is 49.4. The molecule has 0 saturated heterocycles. The van der Waals surface area contributed by atoms with Gasteiger partial charge in [-0.05, 0) is 67.3 Å². The number of rotatable bonds is 3. The van der Waals surface area contributed by atoms with Crippen LogP contribution in [-0.4, -0.2) is 18.7 Å². The van der Waals surface area contributed by atoms with E-state index in [9.17, 15) is 0 Å². The van der Waals surface area contributed by atoms with Crippen LogP contribution in [0, 0.1) is 25.5 Å². The summed E-state index contributed by atoms with van der Waals surface area (Å²) in [6.07, 6.45) is 0. The monoisotopic (exact) mass is 843 g/mol. The Balaban J connectivity index is 0.00000348. The van der Waals surface area contributed by atoms with Crippen LogP contribution in [0.1, 0.15) is 26.3 Å². The van der Waals surface area contributed by atoms with Crippen molar-refractivity contribution >= 4 is 73.0 Å². The zero-order valence-electron chi connectivity index (χ0n) is 29.1. The van der Waals surface area contributed by atoms with Crippen LogP contribution in [0.4, 0.5) is 51.2 Å². The largest absolute Gasteiger partial charge is 4.00 e. The van der Waals surface area contributed by atoms with Gasteiger partial charge in [0.25, 0.3) is 0 Å². The van der Waals surface area contributed by atoms with Crippen molar-refractivity contribution in [3.05, 3.63) is 146 Å². The van der Waals surface area contributed by atoms with Gasteiger partial charge in [-0.2, -0.15) is 13.3 Å². The van der Waals surface area contributed by atoms with Crippen molar-refractivity contribution in [3.63, 3.8) is 0 Å². The normalized spacial score (nSPS) is 14.6. The summed E-state index contributed by atoms with van der Waals surface area (Å²) in [6.45, 7) is 11.2. The Morgan fingerprint density at radius 1 is 0.529 bits per heavy atom. The van der Waals surface area contributed by atoms with E-state index in [1.807, 2.05) is 0 Å². The van der Waals surface area contributed by atoms with E-state index >= 15 is 0 Å². The number of hydrogen-bond acceptors (Lipinski definition) is 5. The van der Waals surface area contributed by atoms with E-state index < -0.39 is 0 Å². The Morgan fingerprint density at radius 3 is 1.78 bits per heavy atom. The molecule has 7 aromatic rings. The molecular weight excluding hydrogens is 808 g/mol. The molecule has 252 valence electrons. The summed E-state index contributed by atoms with van der Waals surface area (Å²) in [5.74, 6) is 0. The fraction of sp³-hybridized carbons (Fsp3) is 0.136. The molecule has 0 aliphatic carbocycles. The van der Waals surface area contributed by atoms with Crippen molar-refractivity contribution < 1.29 is 21.1 Å². The zero-order valence-corrected chi connectivity index (χ0v) is 31.4. The van der Waals surface area contributed by atoms with Crippen LogP contribution in [-0.2, 0) is 26.5 Å². The number of benzene rings is 6. The van der Waals surface area contributed by atoms with E-state index in [0.717, 1.165) is 45.5 Å². The second-order valence-electron chi connectivity index (χ2n) is 14.5. The first-order valence-corrected chi connectivity index (χ1v) is 17.2. The molecule has 6 aromatic carbocycles. The van der Waals surface area contributed by atoms with E-state index in [1.165, 1.54) is 38.7 Å². The summed E-state index contributed by atoms with van der Waals surface area (Å²) >= 11 is 0. The summed E-state index contributed by atoms with van der Waals surface area (Å²) < 4.78 is 2.42. The number of anilines is 9. The molecule has 1 aromatic heterocycles. The predicted molar refractivity (Wildman–Crippen MR) is 208 cm³/mol.